The minimum absolute atomic E-state index is 0.180. The molecule has 4 aromatic rings. The summed E-state index contributed by atoms with van der Waals surface area (Å²) in [5.41, 5.74) is 0.976. The van der Waals surface area contributed by atoms with Crippen LogP contribution >= 0.6 is 0 Å². The number of pyridine rings is 2. The van der Waals surface area contributed by atoms with Gasteiger partial charge in [-0.05, 0) is 48.5 Å². The van der Waals surface area contributed by atoms with Gasteiger partial charge in [-0.25, -0.2) is 19.1 Å². The molecule has 0 N–H and O–H groups in total. The quantitative estimate of drug-likeness (QED) is 0.474. The van der Waals surface area contributed by atoms with E-state index in [9.17, 15) is 14.4 Å². The molecule has 0 atom stereocenters. The molecule has 0 aliphatic carbocycles. The number of esters is 1. The van der Waals surface area contributed by atoms with E-state index >= 15 is 0 Å². The molecule has 3 heterocycles. The number of ether oxygens (including phenoxy) is 1. The van der Waals surface area contributed by atoms with Gasteiger partial charge >= 0.3 is 11.7 Å². The molecule has 3 aromatic heterocycles. The van der Waals surface area contributed by atoms with Gasteiger partial charge in [0.15, 0.2) is 5.65 Å². The van der Waals surface area contributed by atoms with Gasteiger partial charge in [-0.1, -0.05) is 6.07 Å². The Kier molecular flexibility index (Phi) is 5.21. The maximum atomic E-state index is 13.3. The van der Waals surface area contributed by atoms with Gasteiger partial charge in [-0.2, -0.15) is 0 Å². The van der Waals surface area contributed by atoms with E-state index < -0.39 is 17.2 Å². The highest BCUT2D eigenvalue weighted by Crippen LogP contribution is 2.13. The molecule has 1 aromatic carbocycles. The lowest BCUT2D eigenvalue weighted by atomic mass is 10.2. The number of carbonyl (C=O) groups is 1. The van der Waals surface area contributed by atoms with E-state index in [0.29, 0.717) is 23.1 Å². The van der Waals surface area contributed by atoms with E-state index in [1.165, 1.54) is 22.4 Å². The second-order valence-electron chi connectivity index (χ2n) is 6.56. The van der Waals surface area contributed by atoms with Crippen LogP contribution in [0.25, 0.3) is 16.7 Å². The van der Waals surface area contributed by atoms with E-state index in [-0.39, 0.29) is 12.2 Å². The summed E-state index contributed by atoms with van der Waals surface area (Å²) < 4.78 is 7.27. The number of hydrogen-bond acceptors (Lipinski definition) is 6. The number of benzene rings is 1. The van der Waals surface area contributed by atoms with Crippen LogP contribution in [0.1, 0.15) is 16.1 Å². The predicted octanol–water partition coefficient (Wildman–Crippen LogP) is 1.97. The summed E-state index contributed by atoms with van der Waals surface area (Å²) in [5, 5.41) is 0.329. The number of carbonyl (C=O) groups excluding carboxylic acids is 1. The molecular formula is C22H18N4O4. The molecule has 0 aliphatic rings. The number of nitrogens with zero attached hydrogens (tertiary/aromatic N) is 4. The van der Waals surface area contributed by atoms with Gasteiger partial charge in [-0.15, -0.1) is 0 Å². The van der Waals surface area contributed by atoms with E-state index in [0.717, 1.165) is 5.69 Å². The van der Waals surface area contributed by atoms with Crippen molar-refractivity contribution >= 4 is 17.0 Å². The highest BCUT2D eigenvalue weighted by atomic mass is 16.5. The van der Waals surface area contributed by atoms with Crippen molar-refractivity contribution < 1.29 is 9.53 Å². The maximum Gasteiger partial charge on any atom is 0.337 e. The van der Waals surface area contributed by atoms with Gasteiger partial charge in [0, 0.05) is 31.1 Å². The molecule has 150 valence electrons. The Labute approximate surface area is 171 Å². The van der Waals surface area contributed by atoms with Crippen molar-refractivity contribution in [3.8, 4) is 5.69 Å². The van der Waals surface area contributed by atoms with Crippen LogP contribution in [0, 0.1) is 0 Å². The van der Waals surface area contributed by atoms with Crippen molar-refractivity contribution in [3.63, 3.8) is 0 Å². The van der Waals surface area contributed by atoms with Gasteiger partial charge in [-0.3, -0.25) is 14.3 Å². The Morgan fingerprint density at radius 2 is 1.73 bits per heavy atom. The lowest BCUT2D eigenvalue weighted by molar-refractivity contribution is 0.0600. The van der Waals surface area contributed by atoms with Crippen LogP contribution in [0.4, 0.5) is 0 Å². The predicted molar refractivity (Wildman–Crippen MR) is 111 cm³/mol. The van der Waals surface area contributed by atoms with Crippen LogP contribution in [-0.2, 0) is 17.7 Å². The molecule has 0 unspecified atom stereocenters. The van der Waals surface area contributed by atoms with Crippen LogP contribution in [0.3, 0.4) is 0 Å². The SMILES string of the molecule is COC(=O)c1ccc(-n2c(=O)n(CCc3ccccn3)c(=O)c3cccnc32)cc1. The lowest BCUT2D eigenvalue weighted by Gasteiger charge is -2.13. The zero-order valence-corrected chi connectivity index (χ0v) is 16.2. The van der Waals surface area contributed by atoms with Gasteiger partial charge in [0.2, 0.25) is 0 Å². The average molecular weight is 402 g/mol. The Morgan fingerprint density at radius 3 is 2.43 bits per heavy atom. The Balaban J connectivity index is 1.85. The molecule has 0 radical (unpaired) electrons. The zero-order chi connectivity index (χ0) is 21.1. The van der Waals surface area contributed by atoms with Crippen LogP contribution in [0.5, 0.6) is 0 Å². The highest BCUT2D eigenvalue weighted by Gasteiger charge is 2.16. The molecule has 0 aliphatic heterocycles. The maximum absolute atomic E-state index is 13.3. The fraction of sp³-hybridized carbons (Fsp3) is 0.136. The van der Waals surface area contributed by atoms with E-state index in [1.54, 1.807) is 42.6 Å². The van der Waals surface area contributed by atoms with Crippen LogP contribution in [0.15, 0.2) is 76.6 Å². The third-order valence-corrected chi connectivity index (χ3v) is 4.76. The Morgan fingerprint density at radius 1 is 0.967 bits per heavy atom. The molecular weight excluding hydrogens is 384 g/mol. The molecule has 8 heteroatoms. The lowest BCUT2D eigenvalue weighted by Crippen LogP contribution is -2.40. The minimum atomic E-state index is -0.507. The molecule has 0 bridgehead atoms. The van der Waals surface area contributed by atoms with Crippen molar-refractivity contribution in [2.24, 2.45) is 0 Å². The number of aromatic nitrogens is 4. The molecule has 0 amide bonds. The first kappa shape index (κ1) is 19.3. The smallest absolute Gasteiger partial charge is 0.337 e. The summed E-state index contributed by atoms with van der Waals surface area (Å²) in [7, 11) is 1.30. The number of hydrogen-bond donors (Lipinski definition) is 0. The molecule has 30 heavy (non-hydrogen) atoms. The van der Waals surface area contributed by atoms with E-state index in [4.69, 9.17) is 4.74 Å². The molecule has 0 fully saturated rings. The molecule has 8 nitrogen and oxygen atoms in total. The molecule has 0 spiro atoms. The Bertz CT molecular complexity index is 1330. The van der Waals surface area contributed by atoms with Crippen molar-refractivity contribution in [2.45, 2.75) is 13.0 Å². The average Bonchev–Trinajstić information content (AvgIpc) is 2.79. The van der Waals surface area contributed by atoms with E-state index in [2.05, 4.69) is 9.97 Å². The largest absolute Gasteiger partial charge is 0.465 e. The van der Waals surface area contributed by atoms with Crippen molar-refractivity contribution in [1.82, 2.24) is 19.1 Å². The van der Waals surface area contributed by atoms with Gasteiger partial charge in [0.25, 0.3) is 5.56 Å². The van der Waals surface area contributed by atoms with Crippen LogP contribution in [0.2, 0.25) is 0 Å². The van der Waals surface area contributed by atoms with Crippen LogP contribution < -0.4 is 11.2 Å². The summed E-state index contributed by atoms with van der Waals surface area (Å²) in [5.74, 6) is -0.475. The fourth-order valence-corrected chi connectivity index (χ4v) is 3.25. The number of methoxy groups -OCH3 is 1. The second-order valence-corrected chi connectivity index (χ2v) is 6.56. The topological polar surface area (TPSA) is 96.1 Å². The zero-order valence-electron chi connectivity index (χ0n) is 16.2. The molecule has 4 rings (SSSR count). The van der Waals surface area contributed by atoms with Gasteiger partial charge in [0.1, 0.15) is 0 Å². The Hall–Kier alpha value is -4.07. The molecule has 0 saturated heterocycles. The number of rotatable bonds is 5. The summed E-state index contributed by atoms with van der Waals surface area (Å²) >= 11 is 0. The first-order valence-corrected chi connectivity index (χ1v) is 9.29. The summed E-state index contributed by atoms with van der Waals surface area (Å²) in [4.78, 5) is 46.5. The number of fused-ring (bicyclic) bond motifs is 1. The minimum Gasteiger partial charge on any atom is -0.465 e. The highest BCUT2D eigenvalue weighted by molar-refractivity contribution is 5.89. The second kappa shape index (κ2) is 8.12. The van der Waals surface area contributed by atoms with Crippen molar-refractivity contribution in [1.29, 1.82) is 0 Å². The first-order valence-electron chi connectivity index (χ1n) is 9.29. The summed E-state index contributed by atoms with van der Waals surface area (Å²) in [6.07, 6.45) is 3.63. The third-order valence-electron chi connectivity index (χ3n) is 4.76. The van der Waals surface area contributed by atoms with E-state index in [1.807, 2.05) is 18.2 Å². The summed E-state index contributed by atoms with van der Waals surface area (Å²) in [6.45, 7) is 0.180. The standard InChI is InChI=1S/C22H18N4O4/c1-30-21(28)15-7-9-17(10-8-15)26-19-18(6-4-13-24-19)20(27)25(22(26)29)14-11-16-5-2-3-12-23-16/h2-10,12-13H,11,14H2,1H3. The fourth-order valence-electron chi connectivity index (χ4n) is 3.25. The van der Waals surface area contributed by atoms with Gasteiger partial charge in [0.05, 0.1) is 23.7 Å². The first-order chi connectivity index (χ1) is 14.6. The third kappa shape index (κ3) is 3.50. The van der Waals surface area contributed by atoms with Crippen LogP contribution in [-0.4, -0.2) is 32.2 Å². The molecule has 0 saturated carbocycles. The van der Waals surface area contributed by atoms with Gasteiger partial charge < -0.3 is 4.74 Å². The van der Waals surface area contributed by atoms with Crippen molar-refractivity contribution in [3.05, 3.63) is 99.1 Å². The normalized spacial score (nSPS) is 10.8. The summed E-state index contributed by atoms with van der Waals surface area (Å²) in [6, 6.07) is 15.2. The monoisotopic (exact) mass is 402 g/mol. The van der Waals surface area contributed by atoms with Crippen molar-refractivity contribution in [2.75, 3.05) is 7.11 Å². The number of aryl methyl sites for hydroxylation is 1.